The third-order valence-corrected chi connectivity index (χ3v) is 9.98. The van der Waals surface area contributed by atoms with Gasteiger partial charge < -0.3 is 39.6 Å². The van der Waals surface area contributed by atoms with Gasteiger partial charge in [0.25, 0.3) is 0 Å². The first-order valence-electron chi connectivity index (χ1n) is 17.9. The number of alkyl carbamates (subject to hydrolysis) is 1. The van der Waals surface area contributed by atoms with Gasteiger partial charge in [0.15, 0.2) is 11.5 Å². The minimum atomic E-state index is -1.41. The van der Waals surface area contributed by atoms with Crippen LogP contribution in [0, 0.1) is 5.92 Å². The predicted molar refractivity (Wildman–Crippen MR) is 185 cm³/mol. The summed E-state index contributed by atoms with van der Waals surface area (Å²) < 4.78 is 22.8. The van der Waals surface area contributed by atoms with Crippen LogP contribution in [0.5, 0.6) is 11.6 Å². The van der Waals surface area contributed by atoms with Crippen LogP contribution in [0.2, 0.25) is 0 Å². The number of aliphatic hydroxyl groups is 1. The Hall–Kier alpha value is -4.79. The third-order valence-electron chi connectivity index (χ3n) is 9.98. The smallest absolute Gasteiger partial charge is 0.408 e. The molecule has 1 spiro atoms. The van der Waals surface area contributed by atoms with Gasteiger partial charge in [-0.1, -0.05) is 25.0 Å². The van der Waals surface area contributed by atoms with E-state index >= 15 is 0 Å². The lowest BCUT2D eigenvalue weighted by atomic mass is 9.87. The largest absolute Gasteiger partial charge is 0.482 e. The van der Waals surface area contributed by atoms with Gasteiger partial charge in [-0.05, 0) is 59.4 Å². The number of ether oxygens (including phenoxy) is 4. The number of nitrogens with one attached hydrogen (secondary N) is 2. The first-order chi connectivity index (χ1) is 24.7. The van der Waals surface area contributed by atoms with Crippen molar-refractivity contribution in [1.29, 1.82) is 0 Å². The summed E-state index contributed by atoms with van der Waals surface area (Å²) in [5.41, 5.74) is -2.74. The molecule has 0 bridgehead atoms. The van der Waals surface area contributed by atoms with Crippen molar-refractivity contribution in [2.24, 2.45) is 5.92 Å². The van der Waals surface area contributed by atoms with E-state index in [2.05, 4.69) is 20.6 Å². The highest BCUT2D eigenvalue weighted by Crippen LogP contribution is 2.48. The molecular formula is C37H47N5O10. The zero-order valence-electron chi connectivity index (χ0n) is 30.3. The van der Waals surface area contributed by atoms with Crippen LogP contribution in [0.4, 0.5) is 4.79 Å². The van der Waals surface area contributed by atoms with Crippen LogP contribution in [0.15, 0.2) is 24.3 Å². The quantitative estimate of drug-likeness (QED) is 0.302. The molecule has 1 saturated heterocycles. The lowest BCUT2D eigenvalue weighted by molar-refractivity contribution is -0.150. The van der Waals surface area contributed by atoms with E-state index in [1.807, 2.05) is 12.2 Å². The molecule has 280 valence electrons. The first kappa shape index (κ1) is 37.0. The molecule has 1 saturated carbocycles. The van der Waals surface area contributed by atoms with Crippen molar-refractivity contribution in [2.75, 3.05) is 20.3 Å². The Bertz CT molecular complexity index is 1810. The van der Waals surface area contributed by atoms with Gasteiger partial charge in [-0.3, -0.25) is 14.4 Å². The van der Waals surface area contributed by atoms with E-state index in [0.717, 1.165) is 19.3 Å². The first-order valence-corrected chi connectivity index (χ1v) is 17.9. The van der Waals surface area contributed by atoms with E-state index in [0.29, 0.717) is 18.4 Å². The molecule has 52 heavy (non-hydrogen) atoms. The van der Waals surface area contributed by atoms with Gasteiger partial charge in [0, 0.05) is 18.4 Å². The molecule has 15 nitrogen and oxygen atoms in total. The lowest BCUT2D eigenvalue weighted by Crippen LogP contribution is -2.57. The van der Waals surface area contributed by atoms with Crippen molar-refractivity contribution in [3.8, 4) is 11.6 Å². The predicted octanol–water partition coefficient (Wildman–Crippen LogP) is 3.29. The summed E-state index contributed by atoms with van der Waals surface area (Å²) >= 11 is 0. The maximum Gasteiger partial charge on any atom is 0.408 e. The number of aliphatic hydroxyl groups excluding tert-OH is 1. The standard InChI is InChI=1S/C37H47N5O10/c1-6-50-33(47)37-16-21(37)12-10-8-7-9-11-13-23(39-34(48)52-35(2,3)4)32(46)42-20-36(17-25(42)31(45)41-37)18-26(44)28-29-22(14-15-27(40-29)49-5)38-24(19-43)30(28)51-36/h10,12,14-15,21,23,25,43H,6-9,11,13,16-20H2,1-5H3,(H,39,48)(H,41,45)/b12-10-/t21?,23-,25-,36-,37+/m0/s1. The zero-order valence-corrected chi connectivity index (χ0v) is 30.3. The lowest BCUT2D eigenvalue weighted by Gasteiger charge is -2.35. The second kappa shape index (κ2) is 14.3. The number of hydrogen-bond acceptors (Lipinski definition) is 12. The number of fused-ring (bicyclic) bond motifs is 5. The third kappa shape index (κ3) is 7.28. The van der Waals surface area contributed by atoms with Crippen molar-refractivity contribution < 1.29 is 48.0 Å². The molecule has 5 heterocycles. The number of carbonyl (C=O) groups is 5. The monoisotopic (exact) mass is 721 g/mol. The normalized spacial score (nSPS) is 28.3. The average molecular weight is 722 g/mol. The fraction of sp³-hybridized carbons (Fsp3) is 0.595. The fourth-order valence-corrected chi connectivity index (χ4v) is 7.46. The van der Waals surface area contributed by atoms with Gasteiger partial charge >= 0.3 is 12.1 Å². The molecule has 6 rings (SSSR count). The van der Waals surface area contributed by atoms with Crippen LogP contribution in [0.1, 0.15) is 95.1 Å². The number of aromatic nitrogens is 2. The summed E-state index contributed by atoms with van der Waals surface area (Å²) in [4.78, 5) is 79.8. The molecule has 5 atom stereocenters. The Morgan fingerprint density at radius 3 is 2.63 bits per heavy atom. The molecule has 2 aromatic heterocycles. The number of carbonyl (C=O) groups excluding carboxylic acids is 5. The van der Waals surface area contributed by atoms with Gasteiger partial charge in [-0.25, -0.2) is 19.6 Å². The van der Waals surface area contributed by atoms with Gasteiger partial charge in [0.2, 0.25) is 17.7 Å². The van der Waals surface area contributed by atoms with E-state index in [1.54, 1.807) is 39.8 Å². The Labute approximate surface area is 301 Å². The number of nitrogens with zero attached hydrogens (tertiary/aromatic N) is 3. The number of pyridine rings is 2. The molecule has 2 fully saturated rings. The van der Waals surface area contributed by atoms with E-state index in [-0.39, 0.29) is 72.5 Å². The van der Waals surface area contributed by atoms with Crippen LogP contribution in [0.25, 0.3) is 11.0 Å². The van der Waals surface area contributed by atoms with Gasteiger partial charge in [-0.2, -0.15) is 0 Å². The topological polar surface area (TPSA) is 196 Å². The fourth-order valence-electron chi connectivity index (χ4n) is 7.46. The molecular weight excluding hydrogens is 674 g/mol. The second-order valence-electron chi connectivity index (χ2n) is 15.0. The molecule has 4 aliphatic rings. The summed E-state index contributed by atoms with van der Waals surface area (Å²) in [5.74, 6) is -2.14. The number of Topliss-reactive ketones (excluding diaryl/α,β-unsaturated/α-hetero) is 1. The van der Waals surface area contributed by atoms with Crippen molar-refractivity contribution >= 4 is 40.7 Å². The highest BCUT2D eigenvalue weighted by atomic mass is 16.6. The molecule has 0 radical (unpaired) electrons. The summed E-state index contributed by atoms with van der Waals surface area (Å²) in [6.45, 7) is 6.20. The second-order valence-corrected chi connectivity index (χ2v) is 15.0. The maximum atomic E-state index is 14.6. The average Bonchev–Trinajstić information content (AvgIpc) is 3.67. The molecule has 3 aliphatic heterocycles. The molecule has 3 amide bonds. The Morgan fingerprint density at radius 2 is 1.92 bits per heavy atom. The minimum absolute atomic E-state index is 0.0152. The van der Waals surface area contributed by atoms with E-state index in [4.69, 9.17) is 18.9 Å². The number of hydrogen-bond donors (Lipinski definition) is 3. The molecule has 15 heteroatoms. The van der Waals surface area contributed by atoms with Gasteiger partial charge in [-0.15, -0.1) is 0 Å². The van der Waals surface area contributed by atoms with E-state index < -0.39 is 59.3 Å². The number of ketones is 1. The van der Waals surface area contributed by atoms with Crippen molar-refractivity contribution in [2.45, 2.75) is 114 Å². The Morgan fingerprint density at radius 1 is 1.13 bits per heavy atom. The van der Waals surface area contributed by atoms with Crippen molar-refractivity contribution in [3.63, 3.8) is 0 Å². The number of rotatable bonds is 5. The number of allylic oxidation sites excluding steroid dienone is 1. The van der Waals surface area contributed by atoms with Crippen molar-refractivity contribution in [3.05, 3.63) is 35.5 Å². The molecule has 3 N–H and O–H groups in total. The zero-order chi connectivity index (χ0) is 37.4. The van der Waals surface area contributed by atoms with Crippen LogP contribution >= 0.6 is 0 Å². The minimum Gasteiger partial charge on any atom is -0.482 e. The molecule has 1 aliphatic carbocycles. The number of methoxy groups -OCH3 is 1. The van der Waals surface area contributed by atoms with Crippen LogP contribution in [-0.4, -0.2) is 98.7 Å². The Kier molecular flexibility index (Phi) is 10.2. The van der Waals surface area contributed by atoms with Crippen LogP contribution < -0.4 is 20.1 Å². The summed E-state index contributed by atoms with van der Waals surface area (Å²) in [6, 6.07) is 0.965. The summed E-state index contributed by atoms with van der Waals surface area (Å²) in [7, 11) is 1.45. The van der Waals surface area contributed by atoms with Crippen LogP contribution in [-0.2, 0) is 30.5 Å². The maximum absolute atomic E-state index is 14.6. The van der Waals surface area contributed by atoms with Crippen molar-refractivity contribution in [1.82, 2.24) is 25.5 Å². The SMILES string of the molecule is CCOC(=O)[C@@]12CC1/C=C\CCCCC[C@H](NC(=O)OC(C)(C)C)C(=O)N1C[C@@]3(CC(=O)c4c(c(CO)nc5ccc(OC)nc45)O3)C[C@H]1C(=O)N2. The summed E-state index contributed by atoms with van der Waals surface area (Å²) in [5, 5.41) is 16.0. The Balaban J connectivity index is 1.40. The van der Waals surface area contributed by atoms with E-state index in [9.17, 15) is 29.1 Å². The van der Waals surface area contributed by atoms with E-state index in [1.165, 1.54) is 12.0 Å². The number of amides is 3. The van der Waals surface area contributed by atoms with Gasteiger partial charge in [0.05, 0.1) is 44.4 Å². The molecule has 0 aromatic carbocycles. The van der Waals surface area contributed by atoms with Crippen LogP contribution in [0.3, 0.4) is 0 Å². The highest BCUT2D eigenvalue weighted by molar-refractivity contribution is 6.10. The number of esters is 1. The van der Waals surface area contributed by atoms with Gasteiger partial charge in [0.1, 0.15) is 40.0 Å². The molecule has 1 unspecified atom stereocenters. The highest BCUT2D eigenvalue weighted by Gasteiger charge is 2.63. The summed E-state index contributed by atoms with van der Waals surface area (Å²) in [6.07, 6.45) is 6.33. The molecule has 2 aromatic rings.